The predicted octanol–water partition coefficient (Wildman–Crippen LogP) is 24.1. The van der Waals surface area contributed by atoms with Crippen molar-refractivity contribution in [1.82, 2.24) is 0 Å². The summed E-state index contributed by atoms with van der Waals surface area (Å²) < 4.78 is 16.1. The molecule has 0 amide bonds. The van der Waals surface area contributed by atoms with Gasteiger partial charge >= 0.3 is 0 Å². The number of fused-ring (bicyclic) bond motifs is 19. The van der Waals surface area contributed by atoms with Crippen LogP contribution in [0, 0.1) is 0 Å². The minimum atomic E-state index is -0.673. The van der Waals surface area contributed by atoms with E-state index in [0.29, 0.717) is 0 Å². The van der Waals surface area contributed by atoms with E-state index in [4.69, 9.17) is 8.83 Å². The van der Waals surface area contributed by atoms with Gasteiger partial charge in [0.2, 0.25) is 0 Å². The van der Waals surface area contributed by atoms with E-state index < -0.39 is 5.41 Å². The first-order valence-electron chi connectivity index (χ1n) is 30.3. The lowest BCUT2D eigenvalue weighted by atomic mass is 9.67. The Labute approximate surface area is 521 Å². The molecule has 1 atom stereocenters. The Morgan fingerprint density at radius 1 is 0.292 bits per heavy atom. The van der Waals surface area contributed by atoms with Crippen LogP contribution in [-0.4, -0.2) is 0 Å². The fourth-order valence-electron chi connectivity index (χ4n) is 14.9. The summed E-state index contributed by atoms with van der Waals surface area (Å²) in [5.74, 6) is 0. The third kappa shape index (κ3) is 7.55. The van der Waals surface area contributed by atoms with Crippen molar-refractivity contribution in [2.24, 2.45) is 0 Å². The van der Waals surface area contributed by atoms with E-state index in [-0.39, 0.29) is 0 Å². The van der Waals surface area contributed by atoms with Crippen molar-refractivity contribution in [2.45, 2.75) is 15.2 Å². The maximum Gasteiger partial charge on any atom is 0.138 e. The molecule has 4 heterocycles. The van der Waals surface area contributed by atoms with Gasteiger partial charge in [0, 0.05) is 80.1 Å². The fourth-order valence-corrected chi connectivity index (χ4v) is 17.3. The molecule has 17 aromatic rings. The van der Waals surface area contributed by atoms with Crippen molar-refractivity contribution in [1.29, 1.82) is 0 Å². The maximum atomic E-state index is 6.95. The topological polar surface area (TPSA) is 32.8 Å². The van der Waals surface area contributed by atoms with Gasteiger partial charge in [0.15, 0.2) is 0 Å². The monoisotopic (exact) mass is 1170 g/mol. The molecule has 19 rings (SSSR count). The summed E-state index contributed by atoms with van der Waals surface area (Å²) in [6.07, 6.45) is 0. The average Bonchev–Trinajstić information content (AvgIpc) is 1.62. The third-order valence-electron chi connectivity index (χ3n) is 18.6. The molecule has 89 heavy (non-hydrogen) atoms. The first-order valence-corrected chi connectivity index (χ1v) is 31.9. The molecule has 0 radical (unpaired) electrons. The lowest BCUT2D eigenvalue weighted by Crippen LogP contribution is -2.32. The number of thiophene rings is 1. The molecule has 0 fully saturated rings. The summed E-state index contributed by atoms with van der Waals surface area (Å²) in [5, 5.41) is 9.13. The first-order chi connectivity index (χ1) is 44.1. The van der Waals surface area contributed by atoms with Gasteiger partial charge in [-0.15, -0.1) is 11.3 Å². The van der Waals surface area contributed by atoms with E-state index in [1.807, 2.05) is 29.2 Å². The molecular weight excluding hydrogens is 1120 g/mol. The third-order valence-corrected chi connectivity index (χ3v) is 21.0. The van der Waals surface area contributed by atoms with Crippen LogP contribution in [0.1, 0.15) is 22.3 Å². The van der Waals surface area contributed by atoms with Gasteiger partial charge in [-0.3, -0.25) is 0 Å². The Morgan fingerprint density at radius 2 is 0.921 bits per heavy atom. The molecule has 416 valence electrons. The molecule has 4 nitrogen and oxygen atoms in total. The highest BCUT2D eigenvalue weighted by Crippen LogP contribution is 2.64. The van der Waals surface area contributed by atoms with Crippen LogP contribution < -0.4 is 9.80 Å². The zero-order valence-corrected chi connectivity index (χ0v) is 49.5. The minimum Gasteiger partial charge on any atom is -0.456 e. The van der Waals surface area contributed by atoms with E-state index in [9.17, 15) is 0 Å². The number of nitrogens with zero attached hydrogens (tertiary/aromatic N) is 2. The summed E-state index contributed by atoms with van der Waals surface area (Å²) in [6, 6.07) is 112. The first kappa shape index (κ1) is 50.3. The van der Waals surface area contributed by atoms with Gasteiger partial charge in [-0.05, 0) is 170 Å². The Morgan fingerprint density at radius 3 is 1.75 bits per heavy atom. The summed E-state index contributed by atoms with van der Waals surface area (Å²) in [6.45, 7) is 0. The van der Waals surface area contributed by atoms with Crippen LogP contribution in [-0.2, 0) is 5.41 Å². The van der Waals surface area contributed by atoms with Crippen LogP contribution in [0.25, 0.3) is 108 Å². The van der Waals surface area contributed by atoms with E-state index in [1.54, 1.807) is 0 Å². The van der Waals surface area contributed by atoms with Gasteiger partial charge in [0.1, 0.15) is 22.3 Å². The number of furan rings is 2. The number of anilines is 6. The molecule has 6 heteroatoms. The van der Waals surface area contributed by atoms with Gasteiger partial charge in [0.05, 0.1) is 16.5 Å². The smallest absolute Gasteiger partial charge is 0.138 e. The molecule has 14 aromatic carbocycles. The van der Waals surface area contributed by atoms with Crippen LogP contribution in [0.3, 0.4) is 0 Å². The van der Waals surface area contributed by atoms with Crippen LogP contribution in [0.5, 0.6) is 0 Å². The molecule has 1 spiro atoms. The second kappa shape index (κ2) is 19.6. The zero-order chi connectivity index (χ0) is 58.3. The quantitative estimate of drug-likeness (QED) is 0.151. The fraction of sp³-hybridized carbons (Fsp3) is 0.0120. The molecule has 2 aliphatic rings. The Bertz CT molecular complexity index is 5750. The second-order valence-electron chi connectivity index (χ2n) is 23.4. The molecule has 0 saturated heterocycles. The van der Waals surface area contributed by atoms with Crippen molar-refractivity contribution in [2.75, 3.05) is 9.80 Å². The normalized spacial score (nSPS) is 14.1. The summed E-state index contributed by atoms with van der Waals surface area (Å²) in [5.41, 5.74) is 21.3. The molecule has 1 aliphatic carbocycles. The Balaban J connectivity index is 0.830. The highest BCUT2D eigenvalue weighted by atomic mass is 32.2. The van der Waals surface area contributed by atoms with Crippen LogP contribution >= 0.6 is 23.1 Å². The number of rotatable bonds is 8. The summed E-state index contributed by atoms with van der Waals surface area (Å²) in [4.78, 5) is 7.37. The van der Waals surface area contributed by atoms with Crippen LogP contribution in [0.15, 0.2) is 322 Å². The van der Waals surface area contributed by atoms with E-state index in [0.717, 1.165) is 99.9 Å². The molecule has 1 unspecified atom stereocenters. The zero-order valence-electron chi connectivity index (χ0n) is 47.9. The van der Waals surface area contributed by atoms with Gasteiger partial charge in [-0.25, -0.2) is 0 Å². The number of para-hydroxylation sites is 4. The number of hydrogen-bond donors (Lipinski definition) is 0. The van der Waals surface area contributed by atoms with Crippen molar-refractivity contribution in [3.8, 4) is 33.4 Å². The number of hydrogen-bond acceptors (Lipinski definition) is 6. The van der Waals surface area contributed by atoms with Crippen molar-refractivity contribution in [3.05, 3.63) is 326 Å². The van der Waals surface area contributed by atoms with E-state index >= 15 is 0 Å². The van der Waals surface area contributed by atoms with Gasteiger partial charge < -0.3 is 18.6 Å². The standard InChI is InChI=1S/C83H50N2O2S2/c1-4-21-51(22-5-1)66-46-58(47-68-63-30-13-18-37-78(63)89-82(66)68)84(54-24-6-2-7-25-54)56-39-41-61-60-28-10-14-33-69(60)83(72(61)48-56)70-34-15-19-38-79(70)88-80-49-57(40-42-71(80)83)85(55-26-8-3-9-27-55)73-44-53(45-77-81(73)64-31-12-17-36-75(64)87-77)59-32-20-23-52-43-67-62-29-11-16-35-74(62)86-76(67)50-65(52)59/h1-50H. The van der Waals surface area contributed by atoms with E-state index in [1.165, 1.54) is 74.5 Å². The molecule has 0 bridgehead atoms. The minimum absolute atomic E-state index is 0.673. The lowest BCUT2D eigenvalue weighted by molar-refractivity contribution is 0.669. The second-order valence-corrected chi connectivity index (χ2v) is 25.6. The van der Waals surface area contributed by atoms with E-state index in [2.05, 4.69) is 307 Å². The molecule has 3 aromatic heterocycles. The molecular formula is C83H50N2O2S2. The Hall–Kier alpha value is -10.9. The van der Waals surface area contributed by atoms with Gasteiger partial charge in [-0.2, -0.15) is 0 Å². The van der Waals surface area contributed by atoms with Gasteiger partial charge in [0.25, 0.3) is 0 Å². The highest BCUT2D eigenvalue weighted by Gasteiger charge is 2.50. The molecule has 0 N–H and O–H groups in total. The summed E-state index contributed by atoms with van der Waals surface area (Å²) >= 11 is 3.75. The van der Waals surface area contributed by atoms with Gasteiger partial charge in [-0.1, -0.05) is 206 Å². The average molecular weight is 1170 g/mol. The molecule has 1 aliphatic heterocycles. The number of benzene rings is 14. The summed E-state index contributed by atoms with van der Waals surface area (Å²) in [7, 11) is 0. The maximum absolute atomic E-state index is 6.95. The van der Waals surface area contributed by atoms with Crippen molar-refractivity contribution in [3.63, 3.8) is 0 Å². The van der Waals surface area contributed by atoms with Crippen LogP contribution in [0.2, 0.25) is 0 Å². The van der Waals surface area contributed by atoms with Crippen molar-refractivity contribution < 1.29 is 8.83 Å². The molecule has 0 saturated carbocycles. The lowest BCUT2D eigenvalue weighted by Gasteiger charge is -2.40. The SMILES string of the molecule is c1ccc(-c2cc(N(c3ccccc3)c3ccc4c(c3)C3(c5ccccc5Sc5cc(N(c6ccccc6)c6cc(-c7cccc8cc9c(cc78)oc7ccccc79)cc7oc8ccccc8c67)ccc53)c3ccccc3-4)cc3c2sc2ccccc23)cc1. The van der Waals surface area contributed by atoms with Crippen molar-refractivity contribution >= 4 is 132 Å². The van der Waals surface area contributed by atoms with Crippen LogP contribution in [0.4, 0.5) is 34.1 Å². The highest BCUT2D eigenvalue weighted by molar-refractivity contribution is 7.99. The Kier molecular flexibility index (Phi) is 11.1. The predicted molar refractivity (Wildman–Crippen MR) is 373 cm³/mol. The largest absolute Gasteiger partial charge is 0.456 e.